The zero-order chi connectivity index (χ0) is 11.4. The first-order valence-electron chi connectivity index (χ1n) is 5.27. The van der Waals surface area contributed by atoms with Gasteiger partial charge in [0.1, 0.15) is 0 Å². The van der Waals surface area contributed by atoms with Crippen molar-refractivity contribution in [2.75, 3.05) is 26.7 Å². The van der Waals surface area contributed by atoms with E-state index in [0.29, 0.717) is 13.0 Å². The third-order valence-electron chi connectivity index (χ3n) is 2.81. The lowest BCUT2D eigenvalue weighted by molar-refractivity contribution is -0.138. The predicted octanol–water partition coefficient (Wildman–Crippen LogP) is -0.552. The maximum atomic E-state index is 11.7. The van der Waals surface area contributed by atoms with Gasteiger partial charge in [0.15, 0.2) is 0 Å². The topological polar surface area (TPSA) is 60.9 Å². The summed E-state index contributed by atoms with van der Waals surface area (Å²) in [4.78, 5) is 26.1. The van der Waals surface area contributed by atoms with E-state index in [1.54, 1.807) is 0 Å². The predicted molar refractivity (Wildman–Crippen MR) is 55.1 cm³/mol. The van der Waals surface area contributed by atoms with Gasteiger partial charge in [0.25, 0.3) is 0 Å². The minimum atomic E-state index is -0.320. The molecule has 0 spiro atoms. The number of carbonyl (C=O) groups excluding carboxylic acids is 2. The van der Waals surface area contributed by atoms with Gasteiger partial charge in [-0.3, -0.25) is 19.4 Å². The molecule has 1 rings (SSSR count). The highest BCUT2D eigenvalue weighted by molar-refractivity contribution is 6.05. The molecule has 1 saturated heterocycles. The van der Waals surface area contributed by atoms with Crippen LogP contribution < -0.4 is 0 Å². The van der Waals surface area contributed by atoms with Crippen LogP contribution in [-0.2, 0) is 9.59 Å². The Morgan fingerprint density at radius 1 is 1.53 bits per heavy atom. The van der Waals surface area contributed by atoms with Gasteiger partial charge in [-0.15, -0.1) is 0 Å². The van der Waals surface area contributed by atoms with Crippen LogP contribution in [0.2, 0.25) is 0 Å². The van der Waals surface area contributed by atoms with Gasteiger partial charge in [-0.2, -0.15) is 0 Å². The van der Waals surface area contributed by atoms with Gasteiger partial charge in [0, 0.05) is 20.2 Å². The summed E-state index contributed by atoms with van der Waals surface area (Å²) in [6, 6.07) is -0.320. The highest BCUT2D eigenvalue weighted by atomic mass is 16.3. The molecule has 1 fully saturated rings. The second-order valence-electron chi connectivity index (χ2n) is 3.72. The van der Waals surface area contributed by atoms with Crippen LogP contribution in [0, 0.1) is 0 Å². The van der Waals surface area contributed by atoms with Crippen molar-refractivity contribution in [3.05, 3.63) is 0 Å². The summed E-state index contributed by atoms with van der Waals surface area (Å²) < 4.78 is 0. The fourth-order valence-electron chi connectivity index (χ4n) is 1.83. The average Bonchev–Trinajstić information content (AvgIpc) is 2.48. The van der Waals surface area contributed by atoms with E-state index >= 15 is 0 Å². The first kappa shape index (κ1) is 12.1. The Hall–Kier alpha value is -0.940. The maximum Gasteiger partial charge on any atom is 0.246 e. The molecule has 1 unspecified atom stereocenters. The molecule has 0 aliphatic carbocycles. The Kier molecular flexibility index (Phi) is 4.23. The molecule has 0 radical (unpaired) electrons. The molecule has 1 atom stereocenters. The van der Waals surface area contributed by atoms with Crippen LogP contribution in [0.15, 0.2) is 0 Å². The number of nitrogens with zero attached hydrogens (tertiary/aromatic N) is 2. The smallest absolute Gasteiger partial charge is 0.246 e. The molecule has 1 aliphatic rings. The van der Waals surface area contributed by atoms with E-state index in [2.05, 4.69) is 0 Å². The number of hydrogen-bond donors (Lipinski definition) is 1. The van der Waals surface area contributed by atoms with Crippen molar-refractivity contribution < 1.29 is 14.7 Å². The summed E-state index contributed by atoms with van der Waals surface area (Å²) in [6.45, 7) is 3.44. The molecule has 5 heteroatoms. The molecule has 0 aromatic rings. The van der Waals surface area contributed by atoms with Gasteiger partial charge in [-0.1, -0.05) is 6.92 Å². The monoisotopic (exact) mass is 214 g/mol. The van der Waals surface area contributed by atoms with E-state index in [1.807, 2.05) is 11.8 Å². The molecule has 0 aromatic carbocycles. The summed E-state index contributed by atoms with van der Waals surface area (Å²) in [5.41, 5.74) is 0. The minimum absolute atomic E-state index is 0.112. The van der Waals surface area contributed by atoms with Crippen molar-refractivity contribution in [3.63, 3.8) is 0 Å². The van der Waals surface area contributed by atoms with Crippen LogP contribution in [0.3, 0.4) is 0 Å². The van der Waals surface area contributed by atoms with Crippen molar-refractivity contribution in [3.8, 4) is 0 Å². The molecular formula is C10H18N2O3. The molecule has 1 N–H and O–H groups in total. The second kappa shape index (κ2) is 5.23. The maximum absolute atomic E-state index is 11.7. The van der Waals surface area contributed by atoms with E-state index in [1.165, 1.54) is 11.9 Å². The number of likely N-dealkylation sites (tertiary alicyclic amines) is 1. The van der Waals surface area contributed by atoms with Gasteiger partial charge < -0.3 is 5.11 Å². The van der Waals surface area contributed by atoms with Crippen LogP contribution in [-0.4, -0.2) is 59.5 Å². The molecule has 2 amide bonds. The van der Waals surface area contributed by atoms with Crippen LogP contribution >= 0.6 is 0 Å². The van der Waals surface area contributed by atoms with Gasteiger partial charge in [-0.25, -0.2) is 0 Å². The van der Waals surface area contributed by atoms with Crippen molar-refractivity contribution >= 4 is 11.8 Å². The van der Waals surface area contributed by atoms with Gasteiger partial charge >= 0.3 is 0 Å². The molecule has 0 bridgehead atoms. The second-order valence-corrected chi connectivity index (χ2v) is 3.72. The Morgan fingerprint density at radius 3 is 2.60 bits per heavy atom. The van der Waals surface area contributed by atoms with Gasteiger partial charge in [-0.05, 0) is 13.0 Å². The number of amides is 2. The summed E-state index contributed by atoms with van der Waals surface area (Å²) >= 11 is 0. The number of likely N-dealkylation sites (N-methyl/N-ethyl adjacent to an activating group) is 2. The molecule has 1 aliphatic heterocycles. The summed E-state index contributed by atoms with van der Waals surface area (Å²) in [5, 5.41) is 8.73. The lowest BCUT2D eigenvalue weighted by Crippen LogP contribution is -2.41. The fourth-order valence-corrected chi connectivity index (χ4v) is 1.83. The lowest BCUT2D eigenvalue weighted by atomic mass is 10.2. The first-order chi connectivity index (χ1) is 7.11. The van der Waals surface area contributed by atoms with E-state index < -0.39 is 0 Å². The largest absolute Gasteiger partial charge is 0.396 e. The zero-order valence-electron chi connectivity index (χ0n) is 9.27. The zero-order valence-corrected chi connectivity index (χ0v) is 9.27. The molecule has 1 heterocycles. The number of carbonyl (C=O) groups is 2. The lowest BCUT2D eigenvalue weighted by Gasteiger charge is -2.24. The Bertz CT molecular complexity index is 255. The normalized spacial score (nSPS) is 21.9. The quantitative estimate of drug-likeness (QED) is 0.624. The first-order valence-corrected chi connectivity index (χ1v) is 5.27. The van der Waals surface area contributed by atoms with Crippen molar-refractivity contribution in [2.45, 2.75) is 25.8 Å². The molecule has 5 nitrogen and oxygen atoms in total. The third-order valence-corrected chi connectivity index (χ3v) is 2.81. The highest BCUT2D eigenvalue weighted by Gasteiger charge is 2.38. The Labute approximate surface area is 89.7 Å². The van der Waals surface area contributed by atoms with E-state index in [-0.39, 0.29) is 30.9 Å². The van der Waals surface area contributed by atoms with E-state index in [9.17, 15) is 9.59 Å². The van der Waals surface area contributed by atoms with E-state index in [0.717, 1.165) is 6.54 Å². The van der Waals surface area contributed by atoms with Crippen LogP contribution in [0.4, 0.5) is 0 Å². The summed E-state index contributed by atoms with van der Waals surface area (Å²) in [7, 11) is 1.52. The fraction of sp³-hybridized carbons (Fsp3) is 0.800. The van der Waals surface area contributed by atoms with Gasteiger partial charge in [0.05, 0.1) is 12.5 Å². The Morgan fingerprint density at radius 2 is 2.20 bits per heavy atom. The number of imide groups is 1. The number of rotatable bonds is 5. The van der Waals surface area contributed by atoms with Crippen molar-refractivity contribution in [1.29, 1.82) is 0 Å². The van der Waals surface area contributed by atoms with Gasteiger partial charge in [0.2, 0.25) is 11.8 Å². The molecule has 86 valence electrons. The highest BCUT2D eigenvalue weighted by Crippen LogP contribution is 2.17. The molecule has 0 saturated carbocycles. The van der Waals surface area contributed by atoms with Crippen LogP contribution in [0.1, 0.15) is 19.8 Å². The summed E-state index contributed by atoms with van der Waals surface area (Å²) in [5.74, 6) is -0.243. The molecular weight excluding hydrogens is 196 g/mol. The van der Waals surface area contributed by atoms with Crippen molar-refractivity contribution in [1.82, 2.24) is 9.80 Å². The average molecular weight is 214 g/mol. The number of aliphatic hydroxyl groups excluding tert-OH is 1. The third kappa shape index (κ3) is 2.54. The SMILES string of the molecule is CCN(CCCO)C1CC(=O)N(C)C1=O. The molecule has 15 heavy (non-hydrogen) atoms. The molecule has 0 aromatic heterocycles. The summed E-state index contributed by atoms with van der Waals surface area (Å²) in [6.07, 6.45) is 0.907. The van der Waals surface area contributed by atoms with Crippen LogP contribution in [0.25, 0.3) is 0 Å². The Balaban J connectivity index is 2.61. The number of aliphatic hydroxyl groups is 1. The van der Waals surface area contributed by atoms with E-state index in [4.69, 9.17) is 5.11 Å². The minimum Gasteiger partial charge on any atom is -0.396 e. The van der Waals surface area contributed by atoms with Crippen LogP contribution in [0.5, 0.6) is 0 Å². The van der Waals surface area contributed by atoms with Crippen molar-refractivity contribution in [2.24, 2.45) is 0 Å². The number of hydrogen-bond acceptors (Lipinski definition) is 4. The standard InChI is InChI=1S/C10H18N2O3/c1-3-12(5-4-6-13)8-7-9(14)11(2)10(8)15/h8,13H,3-7H2,1-2H3.